The van der Waals surface area contributed by atoms with Crippen LogP contribution in [0.3, 0.4) is 0 Å². The lowest BCUT2D eigenvalue weighted by molar-refractivity contribution is 0.386. The van der Waals surface area contributed by atoms with Gasteiger partial charge in [-0.3, -0.25) is 0 Å². The van der Waals surface area contributed by atoms with Crippen LogP contribution in [0.2, 0.25) is 0 Å². The highest BCUT2D eigenvalue weighted by Crippen LogP contribution is 2.21. The molecule has 0 amide bonds. The summed E-state index contributed by atoms with van der Waals surface area (Å²) in [5.74, 6) is 0.0891. The van der Waals surface area contributed by atoms with Gasteiger partial charge in [0, 0.05) is 6.07 Å². The number of halogens is 1. The number of rotatable bonds is 2. The minimum Gasteiger partial charge on any atom is -0.494 e. The molecule has 0 unspecified atom stereocenters. The van der Waals surface area contributed by atoms with Gasteiger partial charge in [0.05, 0.1) is 18.5 Å². The highest BCUT2D eigenvalue weighted by atomic mass is 19.1. The maximum absolute atomic E-state index is 13.2. The third kappa shape index (κ3) is 1.58. The zero-order valence-corrected chi connectivity index (χ0v) is 8.94. The number of anilines is 1. The minimum absolute atomic E-state index is 0.158. The van der Waals surface area contributed by atoms with Crippen LogP contribution in [-0.2, 0) is 0 Å². The molecule has 6 heteroatoms. The first-order valence-corrected chi connectivity index (χ1v) is 4.65. The van der Waals surface area contributed by atoms with Gasteiger partial charge >= 0.3 is 0 Å². The summed E-state index contributed by atoms with van der Waals surface area (Å²) >= 11 is 0. The molecule has 0 spiro atoms. The Morgan fingerprint density at radius 2 is 2.19 bits per heavy atom. The summed E-state index contributed by atoms with van der Waals surface area (Å²) in [6.45, 7) is 1.78. The van der Waals surface area contributed by atoms with Gasteiger partial charge in [-0.25, -0.2) is 9.07 Å². The molecule has 0 atom stereocenters. The first-order valence-electron chi connectivity index (χ1n) is 4.65. The van der Waals surface area contributed by atoms with Gasteiger partial charge in [0.2, 0.25) is 0 Å². The van der Waals surface area contributed by atoms with E-state index in [1.54, 1.807) is 13.0 Å². The quantitative estimate of drug-likeness (QED) is 0.831. The van der Waals surface area contributed by atoms with E-state index < -0.39 is 5.82 Å². The highest BCUT2D eigenvalue weighted by molar-refractivity contribution is 5.44. The number of nitrogen functional groups attached to an aromatic ring is 1. The fourth-order valence-corrected chi connectivity index (χ4v) is 1.37. The molecule has 5 nitrogen and oxygen atoms in total. The second-order valence-corrected chi connectivity index (χ2v) is 3.29. The van der Waals surface area contributed by atoms with Crippen LogP contribution >= 0.6 is 0 Å². The van der Waals surface area contributed by atoms with Gasteiger partial charge in [0.1, 0.15) is 0 Å². The number of benzene rings is 1. The van der Waals surface area contributed by atoms with Gasteiger partial charge in [-0.15, -0.1) is 5.10 Å². The predicted molar refractivity (Wildman–Crippen MR) is 57.0 cm³/mol. The number of ether oxygens (including phenoxy) is 1. The number of methoxy groups -OCH3 is 1. The van der Waals surface area contributed by atoms with Crippen molar-refractivity contribution in [2.75, 3.05) is 12.8 Å². The van der Waals surface area contributed by atoms with Crippen molar-refractivity contribution in [2.45, 2.75) is 6.92 Å². The van der Waals surface area contributed by atoms with E-state index in [9.17, 15) is 4.39 Å². The summed E-state index contributed by atoms with van der Waals surface area (Å²) in [4.78, 5) is 0. The average molecular weight is 222 g/mol. The Bertz CT molecular complexity index is 524. The van der Waals surface area contributed by atoms with E-state index in [4.69, 9.17) is 10.5 Å². The molecular formula is C10H11FN4O. The molecule has 84 valence electrons. The van der Waals surface area contributed by atoms with Gasteiger partial charge in [0.25, 0.3) is 0 Å². The molecule has 0 aliphatic carbocycles. The molecule has 2 N–H and O–H groups in total. The van der Waals surface area contributed by atoms with E-state index in [1.807, 2.05) is 0 Å². The molecule has 0 saturated carbocycles. The Balaban J connectivity index is 2.52. The van der Waals surface area contributed by atoms with Crippen molar-refractivity contribution < 1.29 is 9.13 Å². The molecule has 16 heavy (non-hydrogen) atoms. The van der Waals surface area contributed by atoms with Gasteiger partial charge in [0.15, 0.2) is 17.4 Å². The smallest absolute Gasteiger partial charge is 0.169 e. The predicted octanol–water partition coefficient (Wildman–Crippen LogP) is 1.31. The third-order valence-electron chi connectivity index (χ3n) is 2.31. The molecule has 0 bridgehead atoms. The summed E-state index contributed by atoms with van der Waals surface area (Å²) in [5.41, 5.74) is 6.93. The van der Waals surface area contributed by atoms with Crippen LogP contribution in [-0.4, -0.2) is 22.1 Å². The number of aromatic nitrogens is 3. The molecule has 0 fully saturated rings. The zero-order valence-electron chi connectivity index (χ0n) is 8.94. The lowest BCUT2D eigenvalue weighted by atomic mass is 10.3. The van der Waals surface area contributed by atoms with Crippen LogP contribution < -0.4 is 10.5 Å². The van der Waals surface area contributed by atoms with Crippen molar-refractivity contribution in [1.82, 2.24) is 15.0 Å². The fraction of sp³-hybridized carbons (Fsp3) is 0.200. The van der Waals surface area contributed by atoms with Crippen LogP contribution in [0.4, 0.5) is 10.2 Å². The van der Waals surface area contributed by atoms with E-state index in [0.29, 0.717) is 17.2 Å². The Kier molecular flexibility index (Phi) is 2.47. The highest BCUT2D eigenvalue weighted by Gasteiger charge is 2.09. The second kappa shape index (κ2) is 3.80. The van der Waals surface area contributed by atoms with Crippen LogP contribution in [0.25, 0.3) is 5.69 Å². The molecule has 0 aliphatic heterocycles. The van der Waals surface area contributed by atoms with Crippen molar-refractivity contribution in [1.29, 1.82) is 0 Å². The first-order chi connectivity index (χ1) is 7.63. The number of hydrogen-bond donors (Lipinski definition) is 1. The summed E-state index contributed by atoms with van der Waals surface area (Å²) < 4.78 is 19.6. The van der Waals surface area contributed by atoms with Gasteiger partial charge in [-0.2, -0.15) is 0 Å². The number of nitrogens with two attached hydrogens (primary N) is 1. The van der Waals surface area contributed by atoms with Gasteiger partial charge < -0.3 is 10.5 Å². The summed E-state index contributed by atoms with van der Waals surface area (Å²) in [7, 11) is 1.41. The summed E-state index contributed by atoms with van der Waals surface area (Å²) in [5, 5.41) is 7.58. The third-order valence-corrected chi connectivity index (χ3v) is 2.31. The van der Waals surface area contributed by atoms with Crippen LogP contribution in [0.15, 0.2) is 18.2 Å². The molecule has 0 radical (unpaired) electrons. The fourth-order valence-electron chi connectivity index (χ4n) is 1.37. The Morgan fingerprint density at radius 3 is 2.75 bits per heavy atom. The maximum atomic E-state index is 13.2. The molecule has 0 aliphatic rings. The molecule has 1 aromatic heterocycles. The lowest BCUT2D eigenvalue weighted by Gasteiger charge is -2.06. The molecule has 1 heterocycles. The number of hydrogen-bond acceptors (Lipinski definition) is 4. The van der Waals surface area contributed by atoms with E-state index in [0.717, 1.165) is 0 Å². The molecule has 1 aromatic carbocycles. The van der Waals surface area contributed by atoms with Crippen molar-refractivity contribution in [3.05, 3.63) is 29.7 Å². The lowest BCUT2D eigenvalue weighted by Crippen LogP contribution is -2.01. The van der Waals surface area contributed by atoms with Crippen LogP contribution in [0.1, 0.15) is 5.69 Å². The monoisotopic (exact) mass is 222 g/mol. The topological polar surface area (TPSA) is 66.0 Å². The maximum Gasteiger partial charge on any atom is 0.169 e. The summed E-state index contributed by atoms with van der Waals surface area (Å²) in [6, 6.07) is 4.43. The molecule has 2 aromatic rings. The molecule has 0 saturated heterocycles. The van der Waals surface area contributed by atoms with Gasteiger partial charge in [-0.05, 0) is 19.1 Å². The van der Waals surface area contributed by atoms with Crippen molar-refractivity contribution in [3.8, 4) is 11.4 Å². The number of nitrogens with zero attached hydrogens (tertiary/aromatic N) is 3. The molecular weight excluding hydrogens is 211 g/mol. The minimum atomic E-state index is -0.419. The average Bonchev–Trinajstić information content (AvgIpc) is 2.61. The SMILES string of the molecule is COc1cc(-n2nnc(N)c2C)ccc1F. The Labute approximate surface area is 91.6 Å². The van der Waals surface area contributed by atoms with E-state index in [-0.39, 0.29) is 5.75 Å². The van der Waals surface area contributed by atoms with E-state index in [1.165, 1.54) is 23.9 Å². The van der Waals surface area contributed by atoms with Crippen molar-refractivity contribution >= 4 is 5.82 Å². The standard InChI is InChI=1S/C10H11FN4O/c1-6-10(12)13-14-15(6)7-3-4-8(11)9(5-7)16-2/h3-5H,12H2,1-2H3. The van der Waals surface area contributed by atoms with Crippen molar-refractivity contribution in [2.24, 2.45) is 0 Å². The van der Waals surface area contributed by atoms with Crippen LogP contribution in [0.5, 0.6) is 5.75 Å². The molecule has 2 rings (SSSR count). The van der Waals surface area contributed by atoms with E-state index in [2.05, 4.69) is 10.3 Å². The van der Waals surface area contributed by atoms with E-state index >= 15 is 0 Å². The van der Waals surface area contributed by atoms with Gasteiger partial charge in [-0.1, -0.05) is 5.21 Å². The van der Waals surface area contributed by atoms with Crippen molar-refractivity contribution in [3.63, 3.8) is 0 Å². The summed E-state index contributed by atoms with van der Waals surface area (Å²) in [6.07, 6.45) is 0. The Hall–Kier alpha value is -2.11. The first kappa shape index (κ1) is 10.4. The van der Waals surface area contributed by atoms with Crippen LogP contribution in [0, 0.1) is 12.7 Å². The zero-order chi connectivity index (χ0) is 11.7. The Morgan fingerprint density at radius 1 is 1.44 bits per heavy atom. The largest absolute Gasteiger partial charge is 0.494 e. The second-order valence-electron chi connectivity index (χ2n) is 3.29. The normalized spacial score (nSPS) is 10.4.